The van der Waals surface area contributed by atoms with Crippen LogP contribution in [0.4, 0.5) is 0 Å². The van der Waals surface area contributed by atoms with Gasteiger partial charge in [0.25, 0.3) is 0 Å². The average Bonchev–Trinajstić information content (AvgIpc) is 2.76. The Labute approximate surface area is 206 Å². The van der Waals surface area contributed by atoms with Gasteiger partial charge in [0.2, 0.25) is 15.9 Å². The number of halogens is 3. The summed E-state index contributed by atoms with van der Waals surface area (Å²) in [5, 5.41) is 3.59. The molecule has 1 aliphatic rings. The number of rotatable bonds is 9. The Morgan fingerprint density at radius 2 is 1.81 bits per heavy atom. The van der Waals surface area contributed by atoms with Crippen molar-refractivity contribution >= 4 is 55.1 Å². The summed E-state index contributed by atoms with van der Waals surface area (Å²) in [6.45, 7) is 3.68. The van der Waals surface area contributed by atoms with Crippen LogP contribution in [0.5, 0.6) is 0 Å². The van der Waals surface area contributed by atoms with Crippen molar-refractivity contribution in [3.63, 3.8) is 0 Å². The number of ether oxygens (including phenoxy) is 1. The summed E-state index contributed by atoms with van der Waals surface area (Å²) in [7, 11) is -3.95. The van der Waals surface area contributed by atoms with Crippen molar-refractivity contribution in [3.05, 3.63) is 62.5 Å². The van der Waals surface area contributed by atoms with E-state index in [0.717, 1.165) is 21.9 Å². The maximum absolute atomic E-state index is 13.3. The molecule has 0 bridgehead atoms. The SMILES string of the molecule is O=C(CN(Cc1ccc(Cl)cc1Cl)S(=O)(=O)c1ccc(Br)cc1)NCCN1CCOCC1. The minimum atomic E-state index is -3.95. The summed E-state index contributed by atoms with van der Waals surface area (Å²) in [5.74, 6) is -0.385. The van der Waals surface area contributed by atoms with E-state index in [2.05, 4.69) is 26.1 Å². The molecule has 174 valence electrons. The van der Waals surface area contributed by atoms with E-state index in [-0.39, 0.29) is 23.9 Å². The first-order valence-corrected chi connectivity index (χ1v) is 13.0. The van der Waals surface area contributed by atoms with Crippen LogP contribution in [-0.4, -0.2) is 69.5 Å². The lowest BCUT2D eigenvalue weighted by Gasteiger charge is -2.27. The van der Waals surface area contributed by atoms with Crippen LogP contribution in [0, 0.1) is 0 Å². The van der Waals surface area contributed by atoms with Crippen LogP contribution >= 0.6 is 39.1 Å². The van der Waals surface area contributed by atoms with Crippen LogP contribution in [0.2, 0.25) is 10.0 Å². The lowest BCUT2D eigenvalue weighted by Crippen LogP contribution is -2.44. The number of morpholine rings is 1. The fraction of sp³-hybridized carbons (Fsp3) is 0.381. The standard InChI is InChI=1S/C21H24BrCl2N3O4S/c22-17-2-5-19(6-3-17)32(29,30)27(14-16-1-4-18(23)13-20(16)24)15-21(28)25-7-8-26-9-11-31-12-10-26/h1-6,13H,7-12,14-15H2,(H,25,28). The molecule has 0 spiro atoms. The van der Waals surface area contributed by atoms with Crippen molar-refractivity contribution in [1.29, 1.82) is 0 Å². The van der Waals surface area contributed by atoms with Gasteiger partial charge in [0.1, 0.15) is 0 Å². The number of hydrogen-bond donors (Lipinski definition) is 1. The highest BCUT2D eigenvalue weighted by Crippen LogP contribution is 2.25. The molecule has 7 nitrogen and oxygen atoms in total. The van der Waals surface area contributed by atoms with Gasteiger partial charge in [-0.05, 0) is 42.0 Å². The molecule has 0 unspecified atom stereocenters. The van der Waals surface area contributed by atoms with Crippen LogP contribution in [0.25, 0.3) is 0 Å². The Kier molecular flexibility index (Phi) is 9.36. The second-order valence-electron chi connectivity index (χ2n) is 7.27. The lowest BCUT2D eigenvalue weighted by molar-refractivity contribution is -0.121. The number of nitrogens with one attached hydrogen (secondary N) is 1. The van der Waals surface area contributed by atoms with Gasteiger partial charge in [-0.3, -0.25) is 9.69 Å². The summed E-state index contributed by atoms with van der Waals surface area (Å²) in [5.41, 5.74) is 0.554. The highest BCUT2D eigenvalue weighted by molar-refractivity contribution is 9.10. The predicted molar refractivity (Wildman–Crippen MR) is 128 cm³/mol. The second-order valence-corrected chi connectivity index (χ2v) is 11.0. The van der Waals surface area contributed by atoms with Crippen LogP contribution in [0.15, 0.2) is 51.8 Å². The molecule has 1 saturated heterocycles. The van der Waals surface area contributed by atoms with Crippen molar-refractivity contribution in [3.8, 4) is 0 Å². The predicted octanol–water partition coefficient (Wildman–Crippen LogP) is 3.40. The van der Waals surface area contributed by atoms with Crippen LogP contribution in [0.1, 0.15) is 5.56 Å². The Morgan fingerprint density at radius 1 is 1.12 bits per heavy atom. The molecule has 1 fully saturated rings. The number of carbonyl (C=O) groups excluding carboxylic acids is 1. The van der Waals surface area contributed by atoms with Gasteiger partial charge in [-0.2, -0.15) is 4.31 Å². The van der Waals surface area contributed by atoms with E-state index < -0.39 is 10.0 Å². The summed E-state index contributed by atoms with van der Waals surface area (Å²) in [6, 6.07) is 11.1. The fourth-order valence-corrected chi connectivity index (χ4v) is 5.32. The van der Waals surface area contributed by atoms with Crippen LogP contribution in [0.3, 0.4) is 0 Å². The molecule has 2 aromatic carbocycles. The van der Waals surface area contributed by atoms with E-state index in [1.807, 2.05) is 0 Å². The van der Waals surface area contributed by atoms with Gasteiger partial charge >= 0.3 is 0 Å². The molecule has 0 aliphatic carbocycles. The van der Waals surface area contributed by atoms with Gasteiger partial charge in [0, 0.05) is 47.2 Å². The first kappa shape index (κ1) is 25.4. The smallest absolute Gasteiger partial charge is 0.243 e. The molecule has 1 heterocycles. The molecule has 1 N–H and O–H groups in total. The zero-order valence-electron chi connectivity index (χ0n) is 17.3. The minimum Gasteiger partial charge on any atom is -0.379 e. The van der Waals surface area contributed by atoms with Gasteiger partial charge in [0.15, 0.2) is 0 Å². The molecule has 3 rings (SSSR count). The Hall–Kier alpha value is -1.20. The van der Waals surface area contributed by atoms with Crippen molar-refractivity contribution in [2.75, 3.05) is 45.9 Å². The first-order valence-electron chi connectivity index (χ1n) is 10.0. The Bertz CT molecular complexity index is 1030. The molecular formula is C21H24BrCl2N3O4S. The highest BCUT2D eigenvalue weighted by Gasteiger charge is 2.27. The van der Waals surface area contributed by atoms with Crippen LogP contribution in [-0.2, 0) is 26.1 Å². The number of benzene rings is 2. The van der Waals surface area contributed by atoms with Gasteiger partial charge in [-0.1, -0.05) is 45.2 Å². The molecular weight excluding hydrogens is 541 g/mol. The molecule has 11 heteroatoms. The van der Waals surface area contributed by atoms with E-state index in [9.17, 15) is 13.2 Å². The fourth-order valence-electron chi connectivity index (χ4n) is 3.22. The zero-order valence-corrected chi connectivity index (χ0v) is 21.2. The molecule has 32 heavy (non-hydrogen) atoms. The van der Waals surface area contributed by atoms with Crippen molar-refractivity contribution < 1.29 is 17.9 Å². The summed E-state index contributed by atoms with van der Waals surface area (Å²) >= 11 is 15.5. The first-order chi connectivity index (χ1) is 15.3. The molecule has 0 radical (unpaired) electrons. The van der Waals surface area contributed by atoms with E-state index >= 15 is 0 Å². The Balaban J connectivity index is 1.73. The molecule has 0 saturated carbocycles. The van der Waals surface area contributed by atoms with E-state index in [1.54, 1.807) is 30.3 Å². The number of sulfonamides is 1. The lowest BCUT2D eigenvalue weighted by atomic mass is 10.2. The van der Waals surface area contributed by atoms with E-state index in [0.29, 0.717) is 41.9 Å². The van der Waals surface area contributed by atoms with Crippen molar-refractivity contribution in [1.82, 2.24) is 14.5 Å². The summed E-state index contributed by atoms with van der Waals surface area (Å²) in [4.78, 5) is 14.9. The van der Waals surface area contributed by atoms with E-state index in [4.69, 9.17) is 27.9 Å². The number of hydrogen-bond acceptors (Lipinski definition) is 5. The molecule has 0 aromatic heterocycles. The maximum atomic E-state index is 13.3. The average molecular weight is 565 g/mol. The summed E-state index contributed by atoms with van der Waals surface area (Å²) in [6.07, 6.45) is 0. The van der Waals surface area contributed by atoms with Gasteiger partial charge in [0.05, 0.1) is 24.7 Å². The number of nitrogens with zero attached hydrogens (tertiary/aromatic N) is 2. The van der Waals surface area contributed by atoms with Gasteiger partial charge in [-0.15, -0.1) is 0 Å². The Morgan fingerprint density at radius 3 is 2.47 bits per heavy atom. The third-order valence-electron chi connectivity index (χ3n) is 4.99. The normalized spacial score (nSPS) is 15.1. The van der Waals surface area contributed by atoms with Gasteiger partial charge < -0.3 is 10.1 Å². The van der Waals surface area contributed by atoms with Crippen molar-refractivity contribution in [2.45, 2.75) is 11.4 Å². The quantitative estimate of drug-likeness (QED) is 0.505. The molecule has 0 atom stereocenters. The van der Waals surface area contributed by atoms with E-state index in [1.165, 1.54) is 12.1 Å². The molecule has 1 aliphatic heterocycles. The molecule has 2 aromatic rings. The topological polar surface area (TPSA) is 79.0 Å². The number of amides is 1. The third-order valence-corrected chi connectivity index (χ3v) is 7.91. The second kappa shape index (κ2) is 11.8. The maximum Gasteiger partial charge on any atom is 0.243 e. The van der Waals surface area contributed by atoms with Gasteiger partial charge in [-0.25, -0.2) is 8.42 Å². The minimum absolute atomic E-state index is 0.0642. The highest BCUT2D eigenvalue weighted by atomic mass is 79.9. The van der Waals surface area contributed by atoms with Crippen molar-refractivity contribution in [2.24, 2.45) is 0 Å². The zero-order chi connectivity index (χ0) is 23.1. The number of carbonyl (C=O) groups is 1. The summed E-state index contributed by atoms with van der Waals surface area (Å²) < 4.78 is 33.8. The molecule has 1 amide bonds. The third kappa shape index (κ3) is 7.15. The monoisotopic (exact) mass is 563 g/mol. The van der Waals surface area contributed by atoms with Crippen LogP contribution < -0.4 is 5.32 Å². The largest absolute Gasteiger partial charge is 0.379 e.